The molecule has 2 N–H and O–H groups in total. The number of hydrogen-bond donors (Lipinski definition) is 2. The molecule has 0 atom stereocenters. The van der Waals surface area contributed by atoms with E-state index >= 15 is 0 Å². The zero-order valence-corrected chi connectivity index (χ0v) is 21.6. The van der Waals surface area contributed by atoms with E-state index in [1.807, 2.05) is 66.6 Å². The molecule has 2 aromatic carbocycles. The van der Waals surface area contributed by atoms with Crippen molar-refractivity contribution in [3.63, 3.8) is 0 Å². The average molecular weight is 544 g/mol. The third-order valence-corrected chi connectivity index (χ3v) is 4.40. The summed E-state index contributed by atoms with van der Waals surface area (Å²) in [4.78, 5) is 8.65. The van der Waals surface area contributed by atoms with Crippen LogP contribution >= 0.6 is 0 Å². The Morgan fingerprint density at radius 1 is 0.667 bits per heavy atom. The van der Waals surface area contributed by atoms with Gasteiger partial charge >= 0.3 is 0 Å². The first-order valence-electron chi connectivity index (χ1n) is 9.28. The first-order valence-corrected chi connectivity index (χ1v) is 9.28. The zero-order chi connectivity index (χ0) is 20.9. The molecule has 0 radical (unpaired) electrons. The van der Waals surface area contributed by atoms with E-state index in [4.69, 9.17) is 0 Å². The standard InChI is InChI=1S/C22H30N4O2.2BrH/c1-25(2,3)19-9-7-17(21(27)13-19)15-23-11-12-24-16-18-8-10-20(14-22(18)28)26(4,5)6;;/h7-10,13-16H,11-12H2,1-6H3;2*1H. The van der Waals surface area contributed by atoms with Gasteiger partial charge in [0, 0.05) is 47.8 Å². The summed E-state index contributed by atoms with van der Waals surface area (Å²) in [5, 5.41) is 20.3. The summed E-state index contributed by atoms with van der Waals surface area (Å²) in [7, 11) is 12.3. The number of rotatable bonds is 7. The molecule has 2 rings (SSSR count). The number of quaternary nitrogens is 2. The van der Waals surface area contributed by atoms with E-state index in [2.05, 4.69) is 9.98 Å². The maximum absolute atomic E-state index is 10.2. The molecule has 166 valence electrons. The Balaban J connectivity index is 0.00000420. The Morgan fingerprint density at radius 2 is 1.00 bits per heavy atom. The van der Waals surface area contributed by atoms with Crippen LogP contribution in [0, 0.1) is 0 Å². The molecule has 0 saturated heterocycles. The minimum atomic E-state index is 0. The van der Waals surface area contributed by atoms with Gasteiger partial charge in [0.1, 0.15) is 22.9 Å². The molecule has 0 saturated carbocycles. The van der Waals surface area contributed by atoms with Gasteiger partial charge in [-0.15, -0.1) is 0 Å². The van der Waals surface area contributed by atoms with Crippen molar-refractivity contribution in [1.82, 2.24) is 8.97 Å². The van der Waals surface area contributed by atoms with E-state index in [-0.39, 0.29) is 45.5 Å². The van der Waals surface area contributed by atoms with Crippen molar-refractivity contribution >= 4 is 23.8 Å². The molecule has 2 aromatic rings. The van der Waals surface area contributed by atoms with Gasteiger partial charge in [-0.1, -0.05) is 0 Å². The number of phenols is 2. The van der Waals surface area contributed by atoms with Crippen molar-refractivity contribution < 1.29 is 44.2 Å². The Bertz CT molecular complexity index is 812. The normalized spacial score (nSPS) is 12.1. The first kappa shape index (κ1) is 28.3. The molecule has 6 nitrogen and oxygen atoms in total. The molecule has 0 aliphatic heterocycles. The van der Waals surface area contributed by atoms with Crippen LogP contribution in [-0.2, 0) is 0 Å². The predicted octanol–water partition coefficient (Wildman–Crippen LogP) is -2.96. The van der Waals surface area contributed by atoms with Crippen LogP contribution in [0.5, 0.6) is 11.5 Å². The fraction of sp³-hybridized carbons (Fsp3) is 0.364. The predicted molar refractivity (Wildman–Crippen MR) is 120 cm³/mol. The fourth-order valence-electron chi connectivity index (χ4n) is 2.56. The minimum absolute atomic E-state index is 0. The van der Waals surface area contributed by atoms with Crippen LogP contribution in [0.15, 0.2) is 46.4 Å². The maximum Gasteiger partial charge on any atom is 0.135 e. The summed E-state index contributed by atoms with van der Waals surface area (Å²) in [6.07, 6.45) is 3.33. The van der Waals surface area contributed by atoms with Crippen molar-refractivity contribution in [2.45, 2.75) is 0 Å². The highest BCUT2D eigenvalue weighted by Crippen LogP contribution is 2.26. The second-order valence-electron chi connectivity index (χ2n) is 8.58. The van der Waals surface area contributed by atoms with E-state index in [1.54, 1.807) is 24.6 Å². The Kier molecular flexibility index (Phi) is 10.9. The molecule has 0 fully saturated rings. The summed E-state index contributed by atoms with van der Waals surface area (Å²) in [5.41, 5.74) is 3.43. The number of aliphatic imine (C=N–C) groups is 2. The molecule has 0 spiro atoms. The molecule has 0 amide bonds. The lowest BCUT2D eigenvalue weighted by Gasteiger charge is -2.23. The van der Waals surface area contributed by atoms with Gasteiger partial charge in [-0.3, -0.25) is 19.0 Å². The van der Waals surface area contributed by atoms with Crippen molar-refractivity contribution in [3.8, 4) is 11.5 Å². The van der Waals surface area contributed by atoms with Gasteiger partial charge < -0.3 is 44.2 Å². The van der Waals surface area contributed by atoms with Gasteiger partial charge in [0.15, 0.2) is 0 Å². The molecule has 0 aromatic heterocycles. The van der Waals surface area contributed by atoms with Crippen LogP contribution in [0.25, 0.3) is 0 Å². The number of aromatic hydroxyl groups is 2. The van der Waals surface area contributed by atoms with Gasteiger partial charge in [0.25, 0.3) is 0 Å². The van der Waals surface area contributed by atoms with Crippen LogP contribution in [0.2, 0.25) is 0 Å². The molecule has 0 unspecified atom stereocenters. The van der Waals surface area contributed by atoms with Crippen LogP contribution in [0.3, 0.4) is 0 Å². The van der Waals surface area contributed by atoms with Crippen molar-refractivity contribution in [3.05, 3.63) is 47.5 Å². The summed E-state index contributed by atoms with van der Waals surface area (Å²) in [5.74, 6) is 0.445. The van der Waals surface area contributed by atoms with E-state index in [0.717, 1.165) is 11.4 Å². The van der Waals surface area contributed by atoms with Crippen molar-refractivity contribution in [2.75, 3.05) is 55.4 Å². The fourth-order valence-corrected chi connectivity index (χ4v) is 2.56. The number of phenolic OH excluding ortho intramolecular Hbond substituents is 2. The van der Waals surface area contributed by atoms with E-state index in [0.29, 0.717) is 33.2 Å². The maximum atomic E-state index is 10.2. The average Bonchev–Trinajstić information content (AvgIpc) is 2.58. The Hall–Kier alpha value is -1.74. The summed E-state index contributed by atoms with van der Waals surface area (Å²) >= 11 is 0. The summed E-state index contributed by atoms with van der Waals surface area (Å²) < 4.78 is 1.28. The van der Waals surface area contributed by atoms with Gasteiger partial charge in [0.2, 0.25) is 0 Å². The molecule has 8 heteroatoms. The Labute approximate surface area is 200 Å². The molecule has 0 aliphatic rings. The number of nitrogens with zero attached hydrogens (tertiary/aromatic N) is 4. The lowest BCUT2D eigenvalue weighted by molar-refractivity contribution is -0.00100. The highest BCUT2D eigenvalue weighted by atomic mass is 79.9. The zero-order valence-electron chi connectivity index (χ0n) is 18.5. The number of hydrogen-bond acceptors (Lipinski definition) is 4. The molecule has 0 heterocycles. The smallest absolute Gasteiger partial charge is 0.135 e. The van der Waals surface area contributed by atoms with Gasteiger partial charge in [0.05, 0.1) is 55.4 Å². The number of halogens is 2. The van der Waals surface area contributed by atoms with Gasteiger partial charge in [-0.05, 0) is 12.1 Å². The molecule has 30 heavy (non-hydrogen) atoms. The quantitative estimate of drug-likeness (QED) is 0.223. The third kappa shape index (κ3) is 8.18. The third-order valence-electron chi connectivity index (χ3n) is 4.40. The lowest BCUT2D eigenvalue weighted by atomic mass is 10.1. The minimum Gasteiger partial charge on any atom is -1.00 e. The van der Waals surface area contributed by atoms with Gasteiger partial charge in [-0.2, -0.15) is 0 Å². The molecular weight excluding hydrogens is 512 g/mol. The highest BCUT2D eigenvalue weighted by Gasteiger charge is 2.14. The van der Waals surface area contributed by atoms with Crippen LogP contribution in [0.1, 0.15) is 11.1 Å². The molecule has 0 bridgehead atoms. The summed E-state index contributed by atoms with van der Waals surface area (Å²) in [6, 6.07) is 11.2. The molecule has 0 aliphatic carbocycles. The SMILES string of the molecule is C[N+](C)(C)c1ccc(C=NCCN=Cc2ccc([N+](C)(C)C)cc2O)c(O)c1.[Br-].[Br-]. The second kappa shape index (κ2) is 11.6. The Morgan fingerprint density at radius 3 is 1.27 bits per heavy atom. The number of benzene rings is 2. The van der Waals surface area contributed by atoms with Crippen molar-refractivity contribution in [1.29, 1.82) is 0 Å². The lowest BCUT2D eigenvalue weighted by Crippen LogP contribution is -3.00. The largest absolute Gasteiger partial charge is 1.00 e. The monoisotopic (exact) mass is 542 g/mol. The van der Waals surface area contributed by atoms with Crippen LogP contribution in [-0.4, -0.2) is 78.0 Å². The molecular formula is C22H32Br2N4O2. The topological polar surface area (TPSA) is 65.2 Å². The van der Waals surface area contributed by atoms with Crippen LogP contribution in [0.4, 0.5) is 11.4 Å². The first-order chi connectivity index (χ1) is 13.0. The second-order valence-corrected chi connectivity index (χ2v) is 8.58. The van der Waals surface area contributed by atoms with Crippen LogP contribution < -0.4 is 42.9 Å². The van der Waals surface area contributed by atoms with E-state index in [1.165, 1.54) is 0 Å². The van der Waals surface area contributed by atoms with Gasteiger partial charge in [-0.25, -0.2) is 0 Å². The highest BCUT2D eigenvalue weighted by molar-refractivity contribution is 5.85. The van der Waals surface area contributed by atoms with Crippen molar-refractivity contribution in [2.24, 2.45) is 9.98 Å². The van der Waals surface area contributed by atoms with E-state index < -0.39 is 0 Å². The van der Waals surface area contributed by atoms with E-state index in [9.17, 15) is 10.2 Å². The summed E-state index contributed by atoms with van der Waals surface area (Å²) in [6.45, 7) is 1.01.